The first-order valence-corrected chi connectivity index (χ1v) is 5.74. The van der Waals surface area contributed by atoms with Gasteiger partial charge < -0.3 is 9.67 Å². The first-order valence-electron chi connectivity index (χ1n) is 4.95. The van der Waals surface area contributed by atoms with Crippen LogP contribution < -0.4 is 5.56 Å². The summed E-state index contributed by atoms with van der Waals surface area (Å²) in [6, 6.07) is 4.72. The van der Waals surface area contributed by atoms with E-state index in [1.807, 2.05) is 13.0 Å². The average Bonchev–Trinajstić information content (AvgIpc) is 2.21. The number of aromatic carboxylic acids is 1. The Morgan fingerprint density at radius 3 is 2.59 bits per heavy atom. The van der Waals surface area contributed by atoms with E-state index in [0.717, 1.165) is 16.1 Å². The highest BCUT2D eigenvalue weighted by Gasteiger charge is 2.14. The van der Waals surface area contributed by atoms with Crippen molar-refractivity contribution in [2.75, 3.05) is 0 Å². The SMILES string of the molecule is Cc1cc(Br)cc2c(C(=O)O)cc(=O)n(C)c12. The molecule has 2 aromatic rings. The Labute approximate surface area is 106 Å². The van der Waals surface area contributed by atoms with Crippen LogP contribution in [0.2, 0.25) is 0 Å². The summed E-state index contributed by atoms with van der Waals surface area (Å²) < 4.78 is 2.26. The van der Waals surface area contributed by atoms with Crippen molar-refractivity contribution in [3.63, 3.8) is 0 Å². The zero-order valence-corrected chi connectivity index (χ0v) is 10.9. The summed E-state index contributed by atoms with van der Waals surface area (Å²) >= 11 is 3.33. The Morgan fingerprint density at radius 2 is 2.00 bits per heavy atom. The molecule has 0 unspecified atom stereocenters. The second kappa shape index (κ2) is 4.00. The maximum absolute atomic E-state index is 11.7. The third-order valence-electron chi connectivity index (χ3n) is 2.72. The van der Waals surface area contributed by atoms with Crippen molar-refractivity contribution in [2.45, 2.75) is 6.92 Å². The van der Waals surface area contributed by atoms with Crippen molar-refractivity contribution in [3.05, 3.63) is 44.2 Å². The van der Waals surface area contributed by atoms with Gasteiger partial charge in [0.1, 0.15) is 0 Å². The Morgan fingerprint density at radius 1 is 1.35 bits per heavy atom. The topological polar surface area (TPSA) is 59.3 Å². The van der Waals surface area contributed by atoms with Crippen LogP contribution in [0.5, 0.6) is 0 Å². The van der Waals surface area contributed by atoms with E-state index in [0.29, 0.717) is 10.9 Å². The molecular weight excluding hydrogens is 286 g/mol. The van der Waals surface area contributed by atoms with Gasteiger partial charge in [-0.05, 0) is 24.6 Å². The maximum atomic E-state index is 11.7. The van der Waals surface area contributed by atoms with Crippen LogP contribution in [-0.2, 0) is 7.05 Å². The van der Waals surface area contributed by atoms with Gasteiger partial charge in [0.25, 0.3) is 5.56 Å². The smallest absolute Gasteiger partial charge is 0.336 e. The molecule has 0 saturated heterocycles. The van der Waals surface area contributed by atoms with Gasteiger partial charge in [-0.15, -0.1) is 0 Å². The third kappa shape index (κ3) is 1.86. The predicted molar refractivity (Wildman–Crippen MR) is 68.6 cm³/mol. The fourth-order valence-electron chi connectivity index (χ4n) is 1.97. The fourth-order valence-corrected chi connectivity index (χ4v) is 2.54. The van der Waals surface area contributed by atoms with Gasteiger partial charge in [0, 0.05) is 23.0 Å². The Hall–Kier alpha value is -1.62. The second-order valence-corrected chi connectivity index (χ2v) is 4.79. The van der Waals surface area contributed by atoms with Crippen molar-refractivity contribution < 1.29 is 9.90 Å². The standard InChI is InChI=1S/C12H10BrNO3/c1-6-3-7(13)4-8-9(12(16)17)5-10(15)14(2)11(6)8/h3-5H,1-2H3,(H,16,17). The van der Waals surface area contributed by atoms with Gasteiger partial charge in [0.15, 0.2) is 0 Å². The molecule has 0 spiro atoms. The van der Waals surface area contributed by atoms with E-state index in [-0.39, 0.29) is 11.1 Å². The minimum absolute atomic E-state index is 0.0347. The van der Waals surface area contributed by atoms with Gasteiger partial charge in [-0.1, -0.05) is 15.9 Å². The number of fused-ring (bicyclic) bond motifs is 1. The zero-order valence-electron chi connectivity index (χ0n) is 9.32. The van der Waals surface area contributed by atoms with Crippen LogP contribution in [0.15, 0.2) is 27.5 Å². The minimum atomic E-state index is -1.09. The highest BCUT2D eigenvalue weighted by molar-refractivity contribution is 9.10. The second-order valence-electron chi connectivity index (χ2n) is 3.88. The van der Waals surface area contributed by atoms with E-state index in [2.05, 4.69) is 15.9 Å². The van der Waals surface area contributed by atoms with Crippen molar-refractivity contribution in [2.24, 2.45) is 7.05 Å². The number of aromatic nitrogens is 1. The average molecular weight is 296 g/mol. The van der Waals surface area contributed by atoms with E-state index < -0.39 is 5.97 Å². The summed E-state index contributed by atoms with van der Waals surface area (Å²) in [4.78, 5) is 22.8. The number of nitrogens with zero attached hydrogens (tertiary/aromatic N) is 1. The number of rotatable bonds is 1. The van der Waals surface area contributed by atoms with E-state index in [1.54, 1.807) is 13.1 Å². The number of pyridine rings is 1. The zero-order chi connectivity index (χ0) is 12.7. The number of carbonyl (C=O) groups is 1. The molecule has 1 aromatic carbocycles. The number of carboxylic acids is 1. The Bertz CT molecular complexity index is 688. The lowest BCUT2D eigenvalue weighted by molar-refractivity contribution is 0.0699. The summed E-state index contributed by atoms with van der Waals surface area (Å²) in [6.45, 7) is 1.85. The molecule has 0 aliphatic heterocycles. The molecule has 4 nitrogen and oxygen atoms in total. The molecule has 1 heterocycles. The molecule has 5 heteroatoms. The van der Waals surface area contributed by atoms with Gasteiger partial charge in [0.2, 0.25) is 0 Å². The van der Waals surface area contributed by atoms with Crippen LogP contribution in [0.3, 0.4) is 0 Å². The van der Waals surface area contributed by atoms with Crippen LogP contribution in [0.25, 0.3) is 10.9 Å². The number of halogens is 1. The molecule has 2 rings (SSSR count). The lowest BCUT2D eigenvalue weighted by atomic mass is 10.1. The summed E-state index contributed by atoms with van der Waals surface area (Å²) in [5.74, 6) is -1.09. The summed E-state index contributed by atoms with van der Waals surface area (Å²) in [7, 11) is 1.64. The van der Waals surface area contributed by atoms with Crippen LogP contribution in [0.1, 0.15) is 15.9 Å². The molecule has 0 atom stereocenters. The predicted octanol–water partition coefficient (Wildman–Crippen LogP) is 2.31. The number of carboxylic acid groups (broad SMARTS) is 1. The van der Waals surface area contributed by atoms with Gasteiger partial charge in [-0.3, -0.25) is 4.79 Å². The van der Waals surface area contributed by atoms with E-state index >= 15 is 0 Å². The van der Waals surface area contributed by atoms with Gasteiger partial charge in [0.05, 0.1) is 11.1 Å². The molecule has 1 N–H and O–H groups in total. The molecular formula is C12H10BrNO3. The highest BCUT2D eigenvalue weighted by Crippen LogP contribution is 2.25. The maximum Gasteiger partial charge on any atom is 0.336 e. The van der Waals surface area contributed by atoms with Crippen LogP contribution in [-0.4, -0.2) is 15.6 Å². The normalized spacial score (nSPS) is 10.8. The van der Waals surface area contributed by atoms with Gasteiger partial charge in [-0.2, -0.15) is 0 Å². The van der Waals surface area contributed by atoms with Crippen molar-refractivity contribution in [1.82, 2.24) is 4.57 Å². The van der Waals surface area contributed by atoms with E-state index in [4.69, 9.17) is 5.11 Å². The third-order valence-corrected chi connectivity index (χ3v) is 3.18. The Balaban J connectivity index is 3.09. The van der Waals surface area contributed by atoms with E-state index in [9.17, 15) is 9.59 Å². The Kier molecular flexibility index (Phi) is 2.79. The molecule has 17 heavy (non-hydrogen) atoms. The number of benzene rings is 1. The molecule has 0 radical (unpaired) electrons. The molecule has 0 aliphatic rings. The molecule has 0 saturated carbocycles. The van der Waals surface area contributed by atoms with Crippen molar-refractivity contribution in [3.8, 4) is 0 Å². The molecule has 1 aromatic heterocycles. The van der Waals surface area contributed by atoms with Crippen LogP contribution in [0, 0.1) is 6.92 Å². The van der Waals surface area contributed by atoms with Crippen LogP contribution >= 0.6 is 15.9 Å². The summed E-state index contributed by atoms with van der Waals surface area (Å²) in [5.41, 5.74) is 1.22. The monoisotopic (exact) mass is 295 g/mol. The highest BCUT2D eigenvalue weighted by atomic mass is 79.9. The van der Waals surface area contributed by atoms with Gasteiger partial charge in [-0.25, -0.2) is 4.79 Å². The van der Waals surface area contributed by atoms with Crippen molar-refractivity contribution >= 4 is 32.8 Å². The first kappa shape index (κ1) is 11.9. The molecule has 88 valence electrons. The number of aryl methyl sites for hydroxylation is 2. The van der Waals surface area contributed by atoms with Crippen LogP contribution in [0.4, 0.5) is 0 Å². The van der Waals surface area contributed by atoms with Gasteiger partial charge >= 0.3 is 5.97 Å². The number of hydrogen-bond donors (Lipinski definition) is 1. The minimum Gasteiger partial charge on any atom is -0.478 e. The molecule has 0 aliphatic carbocycles. The summed E-state index contributed by atoms with van der Waals surface area (Å²) in [5, 5.41) is 9.68. The first-order chi connectivity index (χ1) is 7.91. The lowest BCUT2D eigenvalue weighted by Gasteiger charge is -2.10. The molecule has 0 amide bonds. The molecule has 0 bridgehead atoms. The fraction of sp³-hybridized carbons (Fsp3) is 0.167. The van der Waals surface area contributed by atoms with Crippen molar-refractivity contribution in [1.29, 1.82) is 0 Å². The van der Waals surface area contributed by atoms with E-state index in [1.165, 1.54) is 4.57 Å². The summed E-state index contributed by atoms with van der Waals surface area (Å²) in [6.07, 6.45) is 0. The molecule has 0 fully saturated rings. The lowest BCUT2D eigenvalue weighted by Crippen LogP contribution is -2.19. The number of hydrogen-bond acceptors (Lipinski definition) is 2. The quantitative estimate of drug-likeness (QED) is 0.878. The largest absolute Gasteiger partial charge is 0.478 e.